The number of nitrogens with one attached hydrogen (secondary N) is 2. The summed E-state index contributed by atoms with van der Waals surface area (Å²) in [6, 6.07) is 24.2. The lowest BCUT2D eigenvalue weighted by Gasteiger charge is -2.20. The number of methoxy groups -OCH3 is 1. The van der Waals surface area contributed by atoms with E-state index < -0.39 is 5.91 Å². The third-order valence-corrected chi connectivity index (χ3v) is 5.01. The maximum absolute atomic E-state index is 13.0. The van der Waals surface area contributed by atoms with Crippen LogP contribution in [0.4, 0.5) is 5.69 Å². The average Bonchev–Trinajstić information content (AvgIpc) is 2.83. The summed E-state index contributed by atoms with van der Waals surface area (Å²) in [5.41, 5.74) is 2.77. The topological polar surface area (TPSA) is 70.7 Å². The number of hydrogen-bond acceptors (Lipinski definition) is 4. The van der Waals surface area contributed by atoms with Gasteiger partial charge in [0, 0.05) is 25.2 Å². The molecule has 2 N–H and O–H groups in total. The third kappa shape index (κ3) is 6.75. The van der Waals surface area contributed by atoms with Crippen molar-refractivity contribution in [3.8, 4) is 5.75 Å². The van der Waals surface area contributed by atoms with Crippen molar-refractivity contribution in [3.63, 3.8) is 0 Å². The van der Waals surface area contributed by atoms with Crippen molar-refractivity contribution in [1.82, 2.24) is 10.2 Å². The van der Waals surface area contributed by atoms with E-state index in [1.807, 2.05) is 54.6 Å². The third-order valence-electron chi connectivity index (χ3n) is 4.80. The Kier molecular flexibility index (Phi) is 8.32. The fourth-order valence-electron chi connectivity index (χ4n) is 3.19. The maximum atomic E-state index is 13.0. The van der Waals surface area contributed by atoms with Crippen molar-refractivity contribution in [2.45, 2.75) is 6.54 Å². The van der Waals surface area contributed by atoms with Crippen LogP contribution in [0.1, 0.15) is 21.5 Å². The van der Waals surface area contributed by atoms with E-state index in [4.69, 9.17) is 17.0 Å². The van der Waals surface area contributed by atoms with E-state index in [0.29, 0.717) is 23.5 Å². The molecule has 0 fully saturated rings. The summed E-state index contributed by atoms with van der Waals surface area (Å²) >= 11 is 5.28. The number of ether oxygens (including phenoxy) is 1. The van der Waals surface area contributed by atoms with Crippen LogP contribution in [0.25, 0.3) is 6.08 Å². The van der Waals surface area contributed by atoms with Crippen LogP contribution in [0.3, 0.4) is 0 Å². The second-order valence-corrected chi connectivity index (χ2v) is 7.62. The molecular weight excluding hydrogens is 434 g/mol. The zero-order chi connectivity index (χ0) is 23.6. The van der Waals surface area contributed by atoms with Crippen LogP contribution in [0.2, 0.25) is 0 Å². The normalized spacial score (nSPS) is 10.5. The molecule has 0 saturated heterocycles. The van der Waals surface area contributed by atoms with Crippen LogP contribution in [0.15, 0.2) is 84.9 Å². The van der Waals surface area contributed by atoms with E-state index in [9.17, 15) is 9.59 Å². The molecule has 0 aliphatic carbocycles. The van der Waals surface area contributed by atoms with E-state index in [1.54, 1.807) is 49.4 Å². The minimum atomic E-state index is -0.400. The van der Waals surface area contributed by atoms with Crippen molar-refractivity contribution >= 4 is 40.9 Å². The first-order chi connectivity index (χ1) is 16.0. The molecule has 168 valence electrons. The smallest absolute Gasteiger partial charge is 0.256 e. The van der Waals surface area contributed by atoms with Gasteiger partial charge in [-0.05, 0) is 42.1 Å². The molecule has 0 saturated carbocycles. The van der Waals surface area contributed by atoms with Gasteiger partial charge in [0.05, 0.1) is 18.4 Å². The quantitative estimate of drug-likeness (QED) is 0.402. The SMILES string of the molecule is COc1ccccc1C=CC(=O)NC(=S)Nc1ccccc1C(=O)N(C)Cc1ccccc1. The number of amides is 2. The largest absolute Gasteiger partial charge is 0.496 e. The van der Waals surface area contributed by atoms with Crippen LogP contribution < -0.4 is 15.4 Å². The highest BCUT2D eigenvalue weighted by Crippen LogP contribution is 2.19. The first kappa shape index (κ1) is 23.7. The predicted molar refractivity (Wildman–Crippen MR) is 135 cm³/mol. The molecule has 3 aromatic rings. The highest BCUT2D eigenvalue weighted by atomic mass is 32.1. The summed E-state index contributed by atoms with van der Waals surface area (Å²) in [6.07, 6.45) is 3.02. The summed E-state index contributed by atoms with van der Waals surface area (Å²) in [7, 11) is 3.32. The fourth-order valence-corrected chi connectivity index (χ4v) is 3.40. The van der Waals surface area contributed by atoms with Crippen LogP contribution in [0, 0.1) is 0 Å². The molecule has 6 nitrogen and oxygen atoms in total. The second-order valence-electron chi connectivity index (χ2n) is 7.21. The summed E-state index contributed by atoms with van der Waals surface area (Å²) in [5.74, 6) is 0.102. The van der Waals surface area contributed by atoms with Gasteiger partial charge in [-0.3, -0.25) is 14.9 Å². The number of anilines is 1. The predicted octanol–water partition coefficient (Wildman–Crippen LogP) is 4.49. The van der Waals surface area contributed by atoms with Crippen molar-refractivity contribution in [3.05, 3.63) is 102 Å². The Morgan fingerprint density at radius 2 is 1.64 bits per heavy atom. The van der Waals surface area contributed by atoms with Crippen LogP contribution in [-0.2, 0) is 11.3 Å². The molecule has 0 radical (unpaired) electrons. The number of thiocarbonyl (C=S) groups is 1. The molecule has 0 aromatic heterocycles. The highest BCUT2D eigenvalue weighted by Gasteiger charge is 2.16. The van der Waals surface area contributed by atoms with Gasteiger partial charge in [0.1, 0.15) is 5.75 Å². The molecular formula is C26H25N3O3S. The zero-order valence-electron chi connectivity index (χ0n) is 18.4. The average molecular weight is 460 g/mol. The minimum Gasteiger partial charge on any atom is -0.496 e. The summed E-state index contributed by atoms with van der Waals surface area (Å²) in [4.78, 5) is 27.0. The van der Waals surface area contributed by atoms with Crippen LogP contribution >= 0.6 is 12.2 Å². The minimum absolute atomic E-state index is 0.0932. The van der Waals surface area contributed by atoms with Crippen LogP contribution in [-0.4, -0.2) is 36.0 Å². The van der Waals surface area contributed by atoms with E-state index >= 15 is 0 Å². The lowest BCUT2D eigenvalue weighted by atomic mass is 10.1. The number of hydrogen-bond donors (Lipinski definition) is 2. The van der Waals surface area contributed by atoms with Gasteiger partial charge < -0.3 is 15.0 Å². The van der Waals surface area contributed by atoms with Crippen LogP contribution in [0.5, 0.6) is 5.75 Å². The molecule has 3 rings (SSSR count). The van der Waals surface area contributed by atoms with E-state index in [0.717, 1.165) is 11.1 Å². The molecule has 33 heavy (non-hydrogen) atoms. The molecule has 0 atom stereocenters. The van der Waals surface area contributed by atoms with Crippen molar-refractivity contribution in [2.24, 2.45) is 0 Å². The molecule has 0 bridgehead atoms. The van der Waals surface area contributed by atoms with Gasteiger partial charge in [-0.1, -0.05) is 60.7 Å². The lowest BCUT2D eigenvalue weighted by Crippen LogP contribution is -2.34. The summed E-state index contributed by atoms with van der Waals surface area (Å²) < 4.78 is 5.27. The van der Waals surface area contributed by atoms with Crippen molar-refractivity contribution < 1.29 is 14.3 Å². The van der Waals surface area contributed by atoms with Crippen molar-refractivity contribution in [2.75, 3.05) is 19.5 Å². The number of rotatable bonds is 7. The molecule has 0 spiro atoms. The standard InChI is InChI=1S/C26H25N3O3S/c1-29(18-19-10-4-3-5-11-19)25(31)21-13-7-8-14-22(21)27-26(33)28-24(30)17-16-20-12-6-9-15-23(20)32-2/h3-17H,18H2,1-2H3,(H2,27,28,30,33). The Hall–Kier alpha value is -3.97. The van der Waals surface area contributed by atoms with E-state index in [-0.39, 0.29) is 11.0 Å². The maximum Gasteiger partial charge on any atom is 0.256 e. The Labute approximate surface area is 198 Å². The van der Waals surface area contributed by atoms with Gasteiger partial charge >= 0.3 is 0 Å². The van der Waals surface area contributed by atoms with Gasteiger partial charge in [0.25, 0.3) is 5.91 Å². The Morgan fingerprint density at radius 1 is 0.970 bits per heavy atom. The fraction of sp³-hybridized carbons (Fsp3) is 0.115. The van der Waals surface area contributed by atoms with Gasteiger partial charge in [-0.25, -0.2) is 0 Å². The first-order valence-electron chi connectivity index (χ1n) is 10.3. The monoisotopic (exact) mass is 459 g/mol. The first-order valence-corrected chi connectivity index (χ1v) is 10.7. The Balaban J connectivity index is 1.63. The number of benzene rings is 3. The highest BCUT2D eigenvalue weighted by molar-refractivity contribution is 7.80. The zero-order valence-corrected chi connectivity index (χ0v) is 19.3. The molecule has 7 heteroatoms. The molecule has 0 aliphatic heterocycles. The number of nitrogens with zero attached hydrogens (tertiary/aromatic N) is 1. The number of carbonyl (C=O) groups excluding carboxylic acids is 2. The van der Waals surface area contributed by atoms with Gasteiger partial charge in [0.2, 0.25) is 5.91 Å². The van der Waals surface area contributed by atoms with Gasteiger partial charge in [-0.2, -0.15) is 0 Å². The summed E-state index contributed by atoms with van der Waals surface area (Å²) in [5, 5.41) is 5.65. The van der Waals surface area contributed by atoms with Gasteiger partial charge in [-0.15, -0.1) is 0 Å². The molecule has 0 aliphatic rings. The number of para-hydroxylation sites is 2. The van der Waals surface area contributed by atoms with Crippen molar-refractivity contribution in [1.29, 1.82) is 0 Å². The molecule has 0 heterocycles. The number of carbonyl (C=O) groups is 2. The Morgan fingerprint density at radius 3 is 2.39 bits per heavy atom. The lowest BCUT2D eigenvalue weighted by molar-refractivity contribution is -0.115. The molecule has 0 unspecified atom stereocenters. The second kappa shape index (κ2) is 11.6. The summed E-state index contributed by atoms with van der Waals surface area (Å²) in [6.45, 7) is 0.475. The van der Waals surface area contributed by atoms with E-state index in [2.05, 4.69) is 10.6 Å². The Bertz CT molecular complexity index is 1160. The molecule has 2 amide bonds. The molecule has 3 aromatic carbocycles. The van der Waals surface area contributed by atoms with Gasteiger partial charge in [0.15, 0.2) is 5.11 Å². The van der Waals surface area contributed by atoms with E-state index in [1.165, 1.54) is 6.08 Å².